The van der Waals surface area contributed by atoms with Crippen LogP contribution < -0.4 is 0 Å². The minimum atomic E-state index is -5.42. The molecular formula is H6O10SSi2. The van der Waals surface area contributed by atoms with Gasteiger partial charge in [-0.15, -0.1) is 0 Å². The summed E-state index contributed by atoms with van der Waals surface area (Å²) in [6.45, 7) is 0. The molecular weight excluding hydrogens is 248 g/mol. The van der Waals surface area contributed by atoms with Gasteiger partial charge in [-0.3, -0.25) is 0 Å². The Morgan fingerprint density at radius 3 is 1.15 bits per heavy atom. The van der Waals surface area contributed by atoms with Crippen molar-refractivity contribution in [2.75, 3.05) is 0 Å². The Morgan fingerprint density at radius 1 is 0.769 bits per heavy atom. The Balaban J connectivity index is 4.46. The fourth-order valence-electron chi connectivity index (χ4n) is 0.291. The van der Waals surface area contributed by atoms with Crippen molar-refractivity contribution in [1.29, 1.82) is 0 Å². The first-order valence-corrected chi connectivity index (χ1v) is 7.25. The van der Waals surface area contributed by atoms with Gasteiger partial charge in [0.1, 0.15) is 0 Å². The van der Waals surface area contributed by atoms with E-state index in [9.17, 15) is 8.42 Å². The van der Waals surface area contributed by atoms with E-state index in [-0.39, 0.29) is 0 Å². The van der Waals surface area contributed by atoms with Crippen molar-refractivity contribution < 1.29 is 44.9 Å². The lowest BCUT2D eigenvalue weighted by Gasteiger charge is -2.12. The smallest absolute Gasteiger partial charge is 0.367 e. The highest BCUT2D eigenvalue weighted by atomic mass is 32.3. The molecule has 0 aromatic heterocycles. The molecule has 80 valence electrons. The van der Waals surface area contributed by atoms with Crippen molar-refractivity contribution in [1.82, 2.24) is 0 Å². The van der Waals surface area contributed by atoms with Crippen molar-refractivity contribution in [3.05, 3.63) is 0 Å². The zero-order valence-corrected chi connectivity index (χ0v) is 8.54. The van der Waals surface area contributed by atoms with Crippen LogP contribution in [-0.2, 0) is 18.1 Å². The van der Waals surface area contributed by atoms with Gasteiger partial charge in [-0.25, -0.2) is 7.74 Å². The maximum Gasteiger partial charge on any atom is 0.688 e. The Morgan fingerprint density at radius 2 is 1.00 bits per heavy atom. The molecule has 0 aliphatic rings. The first-order chi connectivity index (χ1) is 5.41. The highest BCUT2D eigenvalue weighted by Gasteiger charge is 2.45. The monoisotopic (exact) mass is 254 g/mol. The minimum Gasteiger partial charge on any atom is -0.367 e. The lowest BCUT2D eigenvalue weighted by molar-refractivity contribution is 0.0999. The van der Waals surface area contributed by atoms with Crippen molar-refractivity contribution in [3.8, 4) is 0 Å². The van der Waals surface area contributed by atoms with E-state index < -0.39 is 28.5 Å². The highest BCUT2D eigenvalue weighted by Crippen LogP contribution is 2.05. The van der Waals surface area contributed by atoms with E-state index >= 15 is 0 Å². The molecule has 0 rings (SSSR count). The maximum atomic E-state index is 10.3. The Labute approximate surface area is 74.2 Å². The standard InChI is InChI=1S/H6O10SSi2/c1-11(2,9-12(3,4)5)10-13(6,7)8/h3-8H. The number of rotatable bonds is 4. The summed E-state index contributed by atoms with van der Waals surface area (Å²) in [4.78, 5) is 48.5. The Bertz CT molecular complexity index is 228. The summed E-state index contributed by atoms with van der Waals surface area (Å²) in [5, 5.41) is 0. The van der Waals surface area contributed by atoms with Crippen LogP contribution in [0.4, 0.5) is 0 Å². The molecule has 0 saturated carbocycles. The third-order valence-corrected chi connectivity index (χ3v) is 3.85. The summed E-state index contributed by atoms with van der Waals surface area (Å²) >= 11 is 0. The van der Waals surface area contributed by atoms with Gasteiger partial charge in [-0.2, -0.15) is 8.42 Å². The molecule has 0 radical (unpaired) electrons. The maximum absolute atomic E-state index is 10.3. The number of hydrogen-bond donors (Lipinski definition) is 6. The van der Waals surface area contributed by atoms with Gasteiger partial charge in [0.15, 0.2) is 0 Å². The summed E-state index contributed by atoms with van der Waals surface area (Å²) in [7, 11) is -16.1. The van der Waals surface area contributed by atoms with E-state index in [1.807, 2.05) is 0 Å². The summed E-state index contributed by atoms with van der Waals surface area (Å²) < 4.78 is 26.9. The second-order valence-electron chi connectivity index (χ2n) is 1.72. The Hall–Kier alpha value is 0.0638. The van der Waals surface area contributed by atoms with Crippen molar-refractivity contribution in [2.45, 2.75) is 0 Å². The lowest BCUT2D eigenvalue weighted by Crippen LogP contribution is -2.47. The summed E-state index contributed by atoms with van der Waals surface area (Å²) in [5.74, 6) is 0. The molecule has 0 saturated heterocycles. The van der Waals surface area contributed by atoms with Crippen LogP contribution in [0.5, 0.6) is 0 Å². The van der Waals surface area contributed by atoms with E-state index in [1.54, 1.807) is 0 Å². The molecule has 10 nitrogen and oxygen atoms in total. The second kappa shape index (κ2) is 3.67. The molecule has 0 atom stereocenters. The van der Waals surface area contributed by atoms with E-state index in [1.165, 1.54) is 0 Å². The lowest BCUT2D eigenvalue weighted by atomic mass is 15.6. The van der Waals surface area contributed by atoms with Crippen LogP contribution in [-0.4, -0.2) is 55.3 Å². The van der Waals surface area contributed by atoms with Crippen LogP contribution in [0.3, 0.4) is 0 Å². The molecule has 0 aliphatic heterocycles. The van der Waals surface area contributed by atoms with E-state index in [4.69, 9.17) is 28.8 Å². The topological polar surface area (TPSA) is 174 Å². The summed E-state index contributed by atoms with van der Waals surface area (Å²) in [6.07, 6.45) is 0. The van der Waals surface area contributed by atoms with Gasteiger partial charge in [0, 0.05) is 0 Å². The molecule has 0 heterocycles. The second-order valence-corrected chi connectivity index (χ2v) is 6.17. The van der Waals surface area contributed by atoms with Gasteiger partial charge in [-0.05, 0) is 0 Å². The van der Waals surface area contributed by atoms with Crippen LogP contribution in [0.25, 0.3) is 0 Å². The van der Waals surface area contributed by atoms with Crippen LogP contribution in [0.15, 0.2) is 0 Å². The van der Waals surface area contributed by atoms with Crippen molar-refractivity contribution >= 4 is 28.5 Å². The van der Waals surface area contributed by atoms with Gasteiger partial charge in [0.2, 0.25) is 0 Å². The average Bonchev–Trinajstić information content (AvgIpc) is 1.43. The molecule has 0 fully saturated rings. The predicted octanol–water partition coefficient (Wildman–Crippen LogP) is -4.91. The van der Waals surface area contributed by atoms with Crippen molar-refractivity contribution in [3.63, 3.8) is 0 Å². The predicted molar refractivity (Wildman–Crippen MR) is 35.9 cm³/mol. The van der Waals surface area contributed by atoms with Gasteiger partial charge in [0.25, 0.3) is 0 Å². The summed E-state index contributed by atoms with van der Waals surface area (Å²) in [5.41, 5.74) is 0. The molecule has 0 aliphatic carbocycles. The first kappa shape index (κ1) is 13.1. The molecule has 0 spiro atoms. The zero-order valence-electron chi connectivity index (χ0n) is 5.72. The largest absolute Gasteiger partial charge is 0.688 e. The normalized spacial score (nSPS) is 14.6. The van der Waals surface area contributed by atoms with Crippen LogP contribution in [0, 0.1) is 0 Å². The third-order valence-electron chi connectivity index (χ3n) is 0.428. The fraction of sp³-hybridized carbons (Fsp3) is 0. The van der Waals surface area contributed by atoms with Crippen molar-refractivity contribution in [2.24, 2.45) is 0 Å². The molecule has 0 aromatic rings. The van der Waals surface area contributed by atoms with Gasteiger partial charge in [-0.1, -0.05) is 0 Å². The minimum absolute atomic E-state index is 3.11. The zero-order chi connectivity index (χ0) is 10.9. The Kier molecular flexibility index (Phi) is 3.69. The van der Waals surface area contributed by atoms with E-state index in [0.717, 1.165) is 0 Å². The van der Waals surface area contributed by atoms with E-state index in [0.29, 0.717) is 0 Å². The molecule has 6 N–H and O–H groups in total. The molecule has 0 amide bonds. The average molecular weight is 254 g/mol. The fourth-order valence-corrected chi connectivity index (χ4v) is 2.92. The number of hydrogen-bond acceptors (Lipinski definition) is 10. The molecule has 13 heteroatoms. The molecule has 0 unspecified atom stereocenters. The van der Waals surface area contributed by atoms with Crippen LogP contribution >= 0.6 is 0 Å². The van der Waals surface area contributed by atoms with Crippen LogP contribution in [0.1, 0.15) is 0 Å². The van der Waals surface area contributed by atoms with Crippen LogP contribution in [0.2, 0.25) is 0 Å². The first-order valence-electron chi connectivity index (χ1n) is 2.42. The highest BCUT2D eigenvalue weighted by molar-refractivity contribution is 7.83. The van der Waals surface area contributed by atoms with Gasteiger partial charge in [0.05, 0.1) is 0 Å². The van der Waals surface area contributed by atoms with Gasteiger partial charge >= 0.3 is 28.5 Å². The molecule has 13 heavy (non-hydrogen) atoms. The quantitative estimate of drug-likeness (QED) is 0.267. The third kappa shape index (κ3) is 8.40. The van der Waals surface area contributed by atoms with E-state index in [2.05, 4.69) is 7.74 Å². The SMILES string of the molecule is O=S(=O)(O[Si](O)(O)O)O[Si](O)(O)O. The molecule has 0 bridgehead atoms. The summed E-state index contributed by atoms with van der Waals surface area (Å²) in [6, 6.07) is 0. The molecule has 0 aromatic carbocycles. The van der Waals surface area contributed by atoms with Gasteiger partial charge < -0.3 is 28.8 Å².